The maximum atomic E-state index is 12.3. The molecule has 0 radical (unpaired) electrons. The molecular weight excluding hydrogens is 390 g/mol. The van der Waals surface area contributed by atoms with Crippen molar-refractivity contribution in [1.29, 1.82) is 0 Å². The highest BCUT2D eigenvalue weighted by Gasteiger charge is 2.20. The molecule has 0 bridgehead atoms. The van der Waals surface area contributed by atoms with Crippen LogP contribution < -0.4 is 0 Å². The fourth-order valence-corrected chi connectivity index (χ4v) is 3.75. The second-order valence-electron chi connectivity index (χ2n) is 8.00. The number of benzene rings is 1. The van der Waals surface area contributed by atoms with Crippen LogP contribution in [0, 0.1) is 0 Å². The number of nitrogens with zero attached hydrogens (tertiary/aromatic N) is 1. The molecule has 0 spiro atoms. The molecule has 1 unspecified atom stereocenters. The zero-order valence-corrected chi connectivity index (χ0v) is 17.9. The smallest absolute Gasteiger partial charge is 0.314 e. The minimum absolute atomic E-state index is 0.147. The molecule has 7 heteroatoms. The van der Waals surface area contributed by atoms with Crippen LogP contribution in [-0.4, -0.2) is 35.2 Å². The Morgan fingerprint density at radius 1 is 1.21 bits per heavy atom. The van der Waals surface area contributed by atoms with Crippen molar-refractivity contribution in [3.05, 3.63) is 40.2 Å². The van der Waals surface area contributed by atoms with E-state index in [2.05, 4.69) is 4.98 Å². The number of ketones is 1. The number of ether oxygens (including phenoxy) is 3. The van der Waals surface area contributed by atoms with Crippen molar-refractivity contribution in [2.24, 2.45) is 0 Å². The van der Waals surface area contributed by atoms with E-state index in [1.807, 2.05) is 12.1 Å². The maximum absolute atomic E-state index is 12.3. The Morgan fingerprint density at radius 3 is 2.62 bits per heavy atom. The van der Waals surface area contributed by atoms with Crippen molar-refractivity contribution in [3.63, 3.8) is 0 Å². The highest BCUT2D eigenvalue weighted by atomic mass is 32.1. The highest BCUT2D eigenvalue weighted by molar-refractivity contribution is 7.10. The average molecular weight is 418 g/mol. The number of hydrogen-bond donors (Lipinski definition) is 0. The number of carbonyl (C=O) groups excluding carboxylic acids is 2. The first-order valence-electron chi connectivity index (χ1n) is 9.83. The van der Waals surface area contributed by atoms with Gasteiger partial charge in [0, 0.05) is 17.7 Å². The van der Waals surface area contributed by atoms with E-state index in [4.69, 9.17) is 14.2 Å². The highest BCUT2D eigenvalue weighted by Crippen LogP contribution is 2.28. The summed E-state index contributed by atoms with van der Waals surface area (Å²) in [5.74, 6) is -0.780. The number of carbonyl (C=O) groups is 2. The minimum atomic E-state index is -0.604. The van der Waals surface area contributed by atoms with Crippen LogP contribution in [0.25, 0.3) is 11.3 Å². The van der Waals surface area contributed by atoms with Crippen molar-refractivity contribution in [2.45, 2.75) is 65.0 Å². The van der Waals surface area contributed by atoms with Gasteiger partial charge in [0.1, 0.15) is 12.0 Å². The summed E-state index contributed by atoms with van der Waals surface area (Å²) >= 11 is 1.54. The van der Waals surface area contributed by atoms with Crippen LogP contribution >= 0.6 is 11.3 Å². The summed E-state index contributed by atoms with van der Waals surface area (Å²) in [7, 11) is 0. The van der Waals surface area contributed by atoms with Gasteiger partial charge >= 0.3 is 5.97 Å². The summed E-state index contributed by atoms with van der Waals surface area (Å²) in [5, 5.41) is 0. The van der Waals surface area contributed by atoms with E-state index < -0.39 is 11.6 Å². The minimum Gasteiger partial charge on any atom is -0.460 e. The van der Waals surface area contributed by atoms with Crippen LogP contribution in [0.3, 0.4) is 0 Å². The van der Waals surface area contributed by atoms with Gasteiger partial charge in [-0.05, 0) is 40.0 Å². The summed E-state index contributed by atoms with van der Waals surface area (Å²) in [6.07, 6.45) is 2.71. The second-order valence-corrected chi connectivity index (χ2v) is 8.93. The molecule has 1 aromatic carbocycles. The van der Waals surface area contributed by atoms with E-state index in [-0.39, 0.29) is 18.5 Å². The molecular formula is C22H27NO5S. The number of Topliss-reactive ketones (excluding diaryl/α,β-unsaturated/α-hetero) is 1. The Morgan fingerprint density at radius 2 is 1.97 bits per heavy atom. The summed E-state index contributed by atoms with van der Waals surface area (Å²) in [5.41, 5.74) is 3.41. The molecule has 156 valence electrons. The fraction of sp³-hybridized carbons (Fsp3) is 0.500. The van der Waals surface area contributed by atoms with E-state index in [9.17, 15) is 9.59 Å². The van der Waals surface area contributed by atoms with Crippen molar-refractivity contribution < 1.29 is 23.8 Å². The van der Waals surface area contributed by atoms with Crippen LogP contribution in [0.1, 0.15) is 61.7 Å². The number of hydrogen-bond acceptors (Lipinski definition) is 7. The van der Waals surface area contributed by atoms with E-state index in [0.717, 1.165) is 42.0 Å². The van der Waals surface area contributed by atoms with Gasteiger partial charge in [-0.15, -0.1) is 11.3 Å². The molecule has 1 fully saturated rings. The van der Waals surface area contributed by atoms with Crippen molar-refractivity contribution >= 4 is 23.1 Å². The quantitative estimate of drug-likeness (QED) is 0.367. The van der Waals surface area contributed by atoms with Gasteiger partial charge < -0.3 is 14.2 Å². The molecule has 29 heavy (non-hydrogen) atoms. The SMILES string of the molecule is CC(C)(C)OC(=O)CC(=O)c1ccc(-c2ncsc2COC2CCCCO2)cc1. The molecule has 1 atom stereocenters. The predicted molar refractivity (Wildman–Crippen MR) is 111 cm³/mol. The molecule has 0 saturated carbocycles. The molecule has 0 N–H and O–H groups in total. The lowest BCUT2D eigenvalue weighted by molar-refractivity contribution is -0.168. The molecule has 1 saturated heterocycles. The maximum Gasteiger partial charge on any atom is 0.314 e. The molecule has 1 aliphatic heterocycles. The summed E-state index contributed by atoms with van der Waals surface area (Å²) < 4.78 is 16.7. The molecule has 0 aliphatic carbocycles. The average Bonchev–Trinajstić information content (AvgIpc) is 3.14. The second kappa shape index (κ2) is 9.61. The Labute approximate surface area is 175 Å². The standard InChI is InChI=1S/C22H27NO5S/c1-22(2,3)28-19(25)12-17(24)15-7-9-16(10-8-15)21-18(29-14-23-21)13-27-20-6-4-5-11-26-20/h7-10,14,20H,4-6,11-13H2,1-3H3. The van der Waals surface area contributed by atoms with Crippen LogP contribution in [0.5, 0.6) is 0 Å². The lowest BCUT2D eigenvalue weighted by Crippen LogP contribution is -2.25. The Kier molecular flexibility index (Phi) is 7.16. The first kappa shape index (κ1) is 21.6. The number of esters is 1. The third kappa shape index (κ3) is 6.45. The van der Waals surface area contributed by atoms with E-state index >= 15 is 0 Å². The monoisotopic (exact) mass is 417 g/mol. The Hall–Kier alpha value is -2.09. The first-order chi connectivity index (χ1) is 13.8. The third-order valence-corrected chi connectivity index (χ3v) is 5.19. The van der Waals surface area contributed by atoms with Crippen molar-refractivity contribution in [2.75, 3.05) is 6.61 Å². The Balaban J connectivity index is 1.61. The van der Waals surface area contributed by atoms with Gasteiger partial charge in [-0.2, -0.15) is 0 Å². The number of rotatable bonds is 7. The largest absolute Gasteiger partial charge is 0.460 e. The van der Waals surface area contributed by atoms with Crippen LogP contribution in [0.15, 0.2) is 29.8 Å². The Bertz CT molecular complexity index is 832. The molecule has 3 rings (SSSR count). The molecule has 0 amide bonds. The van der Waals surface area contributed by atoms with Gasteiger partial charge in [0.15, 0.2) is 12.1 Å². The van der Waals surface area contributed by atoms with Crippen molar-refractivity contribution in [3.8, 4) is 11.3 Å². The van der Waals surface area contributed by atoms with Gasteiger partial charge in [-0.1, -0.05) is 24.3 Å². The van der Waals surface area contributed by atoms with E-state index in [0.29, 0.717) is 12.2 Å². The van der Waals surface area contributed by atoms with Crippen LogP contribution in [0.2, 0.25) is 0 Å². The molecule has 2 aromatic rings. The van der Waals surface area contributed by atoms with Gasteiger partial charge in [-0.3, -0.25) is 9.59 Å². The number of aromatic nitrogens is 1. The first-order valence-corrected chi connectivity index (χ1v) is 10.7. The fourth-order valence-electron chi connectivity index (χ4n) is 3.04. The topological polar surface area (TPSA) is 74.7 Å². The third-order valence-electron chi connectivity index (χ3n) is 4.38. The van der Waals surface area contributed by atoms with Gasteiger partial charge in [0.05, 0.1) is 22.7 Å². The summed E-state index contributed by atoms with van der Waals surface area (Å²) in [6.45, 7) is 6.53. The number of thiazole rings is 1. The lowest BCUT2D eigenvalue weighted by Gasteiger charge is -2.22. The van der Waals surface area contributed by atoms with E-state index in [1.54, 1.807) is 38.4 Å². The summed E-state index contributed by atoms with van der Waals surface area (Å²) in [4.78, 5) is 29.7. The molecule has 1 aliphatic rings. The normalized spacial score (nSPS) is 17.1. The van der Waals surface area contributed by atoms with Crippen molar-refractivity contribution in [1.82, 2.24) is 4.98 Å². The molecule has 2 heterocycles. The zero-order valence-electron chi connectivity index (χ0n) is 17.1. The zero-order chi connectivity index (χ0) is 20.9. The van der Waals surface area contributed by atoms with E-state index in [1.165, 1.54) is 11.3 Å². The van der Waals surface area contributed by atoms with Crippen LogP contribution in [-0.2, 0) is 25.6 Å². The molecule has 1 aromatic heterocycles. The molecule has 6 nitrogen and oxygen atoms in total. The van der Waals surface area contributed by atoms with Gasteiger partial charge in [0.25, 0.3) is 0 Å². The van der Waals surface area contributed by atoms with Gasteiger partial charge in [0.2, 0.25) is 0 Å². The predicted octanol–water partition coefficient (Wildman–Crippen LogP) is 4.77. The lowest BCUT2D eigenvalue weighted by atomic mass is 10.0. The summed E-state index contributed by atoms with van der Waals surface area (Å²) in [6, 6.07) is 7.13. The van der Waals surface area contributed by atoms with Crippen LogP contribution in [0.4, 0.5) is 0 Å². The van der Waals surface area contributed by atoms with Gasteiger partial charge in [-0.25, -0.2) is 4.98 Å².